The molecule has 0 spiro atoms. The van der Waals surface area contributed by atoms with Crippen LogP contribution in [0.4, 0.5) is 5.69 Å². The van der Waals surface area contributed by atoms with Gasteiger partial charge in [0, 0.05) is 28.9 Å². The van der Waals surface area contributed by atoms with Crippen molar-refractivity contribution in [1.29, 1.82) is 0 Å². The number of hydrogen-bond acceptors (Lipinski definition) is 3. The van der Waals surface area contributed by atoms with E-state index in [1.54, 1.807) is 30.6 Å². The fourth-order valence-corrected chi connectivity index (χ4v) is 2.81. The van der Waals surface area contributed by atoms with Gasteiger partial charge in [-0.25, -0.2) is 9.88 Å². The number of para-hydroxylation sites is 1. The van der Waals surface area contributed by atoms with Gasteiger partial charge in [-0.05, 0) is 30.3 Å². The van der Waals surface area contributed by atoms with Gasteiger partial charge in [0.25, 0.3) is 5.91 Å². The van der Waals surface area contributed by atoms with Crippen molar-refractivity contribution in [3.05, 3.63) is 66.0 Å². The summed E-state index contributed by atoms with van der Waals surface area (Å²) < 4.78 is 0. The van der Waals surface area contributed by atoms with Crippen LogP contribution >= 0.6 is 0 Å². The van der Waals surface area contributed by atoms with Gasteiger partial charge >= 0.3 is 0 Å². The molecule has 0 aliphatic carbocycles. The normalized spacial score (nSPS) is 16.7. The number of nitrogens with zero attached hydrogens (tertiary/aromatic N) is 2. The Morgan fingerprint density at radius 1 is 1.09 bits per heavy atom. The number of carbonyl (C=O) groups excluding carboxylic acids is 2. The first-order chi connectivity index (χ1) is 11.2. The van der Waals surface area contributed by atoms with E-state index in [-0.39, 0.29) is 18.2 Å². The highest BCUT2D eigenvalue weighted by atomic mass is 16.2. The van der Waals surface area contributed by atoms with Crippen molar-refractivity contribution in [2.75, 3.05) is 4.90 Å². The van der Waals surface area contributed by atoms with E-state index >= 15 is 0 Å². The Kier molecular flexibility index (Phi) is 3.05. The molecule has 2 aromatic heterocycles. The summed E-state index contributed by atoms with van der Waals surface area (Å²) >= 11 is 0. The molecule has 1 aliphatic heterocycles. The Balaban J connectivity index is 1.73. The van der Waals surface area contributed by atoms with E-state index in [1.807, 2.05) is 30.3 Å². The van der Waals surface area contributed by atoms with E-state index in [4.69, 9.17) is 0 Å². The zero-order valence-electron chi connectivity index (χ0n) is 12.2. The molecule has 1 saturated heterocycles. The molecule has 5 heteroatoms. The standard InChI is InChI=1S/C18H13N3O2/c22-16-10-12(18(23)21(16)14-5-2-1-3-6-14)9-13-11-20-17-15(13)7-4-8-19-17/h1-9,11H,10H2,(H,19,20). The van der Waals surface area contributed by atoms with Gasteiger partial charge in [-0.3, -0.25) is 9.59 Å². The molecule has 23 heavy (non-hydrogen) atoms. The number of pyridine rings is 1. The van der Waals surface area contributed by atoms with Crippen molar-refractivity contribution in [2.45, 2.75) is 6.42 Å². The van der Waals surface area contributed by atoms with Gasteiger partial charge in [0.1, 0.15) is 5.65 Å². The first kappa shape index (κ1) is 13.5. The average molecular weight is 303 g/mol. The van der Waals surface area contributed by atoms with Crippen LogP contribution < -0.4 is 4.90 Å². The lowest BCUT2D eigenvalue weighted by Gasteiger charge is -2.12. The molecule has 1 fully saturated rings. The first-order valence-corrected chi connectivity index (χ1v) is 7.29. The number of imide groups is 1. The fraction of sp³-hybridized carbons (Fsp3) is 0.0556. The molecule has 0 atom stereocenters. The molecule has 3 heterocycles. The number of amides is 2. The van der Waals surface area contributed by atoms with E-state index in [1.165, 1.54) is 4.90 Å². The van der Waals surface area contributed by atoms with Crippen LogP contribution in [0.2, 0.25) is 0 Å². The van der Waals surface area contributed by atoms with Crippen LogP contribution in [0.5, 0.6) is 0 Å². The third-order valence-electron chi connectivity index (χ3n) is 3.90. The van der Waals surface area contributed by atoms with E-state index < -0.39 is 0 Å². The van der Waals surface area contributed by atoms with Gasteiger partial charge in [-0.15, -0.1) is 0 Å². The predicted octanol–water partition coefficient (Wildman–Crippen LogP) is 2.91. The molecule has 0 unspecified atom stereocenters. The van der Waals surface area contributed by atoms with Crippen molar-refractivity contribution in [3.8, 4) is 0 Å². The highest BCUT2D eigenvalue weighted by Gasteiger charge is 2.34. The molecule has 112 valence electrons. The van der Waals surface area contributed by atoms with Gasteiger partial charge in [0.15, 0.2) is 0 Å². The topological polar surface area (TPSA) is 66.1 Å². The minimum absolute atomic E-state index is 0.112. The van der Waals surface area contributed by atoms with Crippen molar-refractivity contribution in [2.24, 2.45) is 0 Å². The van der Waals surface area contributed by atoms with Crippen molar-refractivity contribution in [1.82, 2.24) is 9.97 Å². The lowest BCUT2D eigenvalue weighted by atomic mass is 10.1. The minimum atomic E-state index is -0.264. The zero-order valence-corrected chi connectivity index (χ0v) is 12.2. The maximum Gasteiger partial charge on any atom is 0.261 e. The smallest absolute Gasteiger partial charge is 0.261 e. The number of carbonyl (C=O) groups is 2. The lowest BCUT2D eigenvalue weighted by molar-refractivity contribution is -0.120. The highest BCUT2D eigenvalue weighted by Crippen LogP contribution is 2.28. The van der Waals surface area contributed by atoms with Crippen LogP contribution in [-0.2, 0) is 9.59 Å². The van der Waals surface area contributed by atoms with Gasteiger partial charge in [0.2, 0.25) is 5.91 Å². The van der Waals surface area contributed by atoms with Crippen LogP contribution in [-0.4, -0.2) is 21.8 Å². The van der Waals surface area contributed by atoms with Crippen LogP contribution in [0, 0.1) is 0 Å². The largest absolute Gasteiger partial charge is 0.346 e. The van der Waals surface area contributed by atoms with Crippen molar-refractivity contribution in [3.63, 3.8) is 0 Å². The third kappa shape index (κ3) is 2.23. The van der Waals surface area contributed by atoms with Crippen LogP contribution in [0.1, 0.15) is 12.0 Å². The molecule has 4 rings (SSSR count). The van der Waals surface area contributed by atoms with E-state index in [9.17, 15) is 9.59 Å². The molecule has 0 saturated carbocycles. The van der Waals surface area contributed by atoms with E-state index in [0.29, 0.717) is 11.3 Å². The number of fused-ring (bicyclic) bond motifs is 1. The second kappa shape index (κ2) is 5.21. The summed E-state index contributed by atoms with van der Waals surface area (Å²) in [4.78, 5) is 33.3. The maximum absolute atomic E-state index is 12.6. The lowest BCUT2D eigenvalue weighted by Crippen LogP contribution is -2.28. The fourth-order valence-electron chi connectivity index (χ4n) is 2.81. The summed E-state index contributed by atoms with van der Waals surface area (Å²) in [5.41, 5.74) is 2.71. The number of hydrogen-bond donors (Lipinski definition) is 1. The Hall–Kier alpha value is -3.21. The molecule has 0 bridgehead atoms. The van der Waals surface area contributed by atoms with Gasteiger partial charge in [-0.1, -0.05) is 18.2 Å². The van der Waals surface area contributed by atoms with Gasteiger partial charge < -0.3 is 4.98 Å². The maximum atomic E-state index is 12.6. The number of rotatable bonds is 2. The highest BCUT2D eigenvalue weighted by molar-refractivity contribution is 6.29. The predicted molar refractivity (Wildman–Crippen MR) is 87.6 cm³/mol. The number of anilines is 1. The molecule has 1 N–H and O–H groups in total. The number of benzene rings is 1. The summed E-state index contributed by atoms with van der Waals surface area (Å²) in [5.74, 6) is -0.468. The van der Waals surface area contributed by atoms with Gasteiger partial charge in [0.05, 0.1) is 12.1 Å². The molecular formula is C18H13N3O2. The SMILES string of the molecule is O=C1CC(=Cc2c[nH]c3ncccc23)C(=O)N1c1ccccc1. The average Bonchev–Trinajstić information content (AvgIpc) is 3.10. The summed E-state index contributed by atoms with van der Waals surface area (Å²) in [5, 5.41) is 0.929. The molecule has 3 aromatic rings. The quantitative estimate of drug-likeness (QED) is 0.585. The molecule has 2 amide bonds. The Morgan fingerprint density at radius 3 is 2.74 bits per heavy atom. The summed E-state index contributed by atoms with van der Waals surface area (Å²) in [6.07, 6.45) is 5.38. The minimum Gasteiger partial charge on any atom is -0.346 e. The van der Waals surface area contributed by atoms with Crippen LogP contribution in [0.3, 0.4) is 0 Å². The summed E-state index contributed by atoms with van der Waals surface area (Å²) in [7, 11) is 0. The molecular weight excluding hydrogens is 290 g/mol. The molecule has 1 aromatic carbocycles. The van der Waals surface area contributed by atoms with E-state index in [0.717, 1.165) is 16.6 Å². The summed E-state index contributed by atoms with van der Waals surface area (Å²) in [6, 6.07) is 12.8. The molecule has 1 aliphatic rings. The Bertz CT molecular complexity index is 941. The second-order valence-electron chi connectivity index (χ2n) is 5.36. The molecule has 0 radical (unpaired) electrons. The zero-order chi connectivity index (χ0) is 15.8. The van der Waals surface area contributed by atoms with Gasteiger partial charge in [-0.2, -0.15) is 0 Å². The first-order valence-electron chi connectivity index (χ1n) is 7.29. The van der Waals surface area contributed by atoms with Crippen LogP contribution in [0.15, 0.2) is 60.4 Å². The molecule has 5 nitrogen and oxygen atoms in total. The van der Waals surface area contributed by atoms with E-state index in [2.05, 4.69) is 9.97 Å². The van der Waals surface area contributed by atoms with Crippen molar-refractivity contribution >= 4 is 34.6 Å². The monoisotopic (exact) mass is 303 g/mol. The number of nitrogens with one attached hydrogen (secondary N) is 1. The number of aromatic nitrogens is 2. The number of aromatic amines is 1. The van der Waals surface area contributed by atoms with Crippen molar-refractivity contribution < 1.29 is 9.59 Å². The second-order valence-corrected chi connectivity index (χ2v) is 5.36. The Labute approximate surface area is 132 Å². The van der Waals surface area contributed by atoms with Crippen LogP contribution in [0.25, 0.3) is 17.1 Å². The third-order valence-corrected chi connectivity index (χ3v) is 3.90. The number of H-pyrrole nitrogens is 1. The Morgan fingerprint density at radius 2 is 1.91 bits per heavy atom. The summed E-state index contributed by atoms with van der Waals surface area (Å²) in [6.45, 7) is 0.